The van der Waals surface area contributed by atoms with Crippen LogP contribution in [-0.2, 0) is 0 Å². The Morgan fingerprint density at radius 2 is 1.95 bits per heavy atom. The largest absolute Gasteiger partial charge is 0.475 e. The van der Waals surface area contributed by atoms with Crippen molar-refractivity contribution in [1.82, 2.24) is 5.32 Å². The van der Waals surface area contributed by atoms with Gasteiger partial charge in [0.05, 0.1) is 5.94 Å². The van der Waals surface area contributed by atoms with Gasteiger partial charge in [0.2, 0.25) is 0 Å². The fourth-order valence-corrected chi connectivity index (χ4v) is 1.66. The van der Waals surface area contributed by atoms with Crippen molar-refractivity contribution in [2.45, 2.75) is 18.8 Å². The van der Waals surface area contributed by atoms with Crippen LogP contribution in [0.25, 0.3) is 0 Å². The van der Waals surface area contributed by atoms with Crippen LogP contribution in [0.2, 0.25) is 0 Å². The van der Waals surface area contributed by atoms with Crippen molar-refractivity contribution in [3.8, 4) is 0 Å². The molecular weight excluding hydrogens is 259 g/mol. The Bertz CT molecular complexity index is 449. The number of amides is 1. The molecule has 0 heterocycles. The summed E-state index contributed by atoms with van der Waals surface area (Å²) in [6.45, 7) is 0.368. The highest BCUT2D eigenvalue weighted by Gasteiger charge is 2.25. The average Bonchev–Trinajstić information content (AvgIpc) is 2.42. The molecule has 0 aromatic heterocycles. The molecule has 20 heavy (non-hydrogen) atoms. The van der Waals surface area contributed by atoms with E-state index in [4.69, 9.17) is 11.5 Å². The first-order chi connectivity index (χ1) is 9.50. The SMILES string of the molecule is NC(N)=NCCCC(NC(=O)c1ccccc1)B(O)O. The van der Waals surface area contributed by atoms with E-state index in [0.29, 0.717) is 24.9 Å². The van der Waals surface area contributed by atoms with Crippen molar-refractivity contribution in [3.05, 3.63) is 35.9 Å². The molecule has 0 saturated heterocycles. The highest BCUT2D eigenvalue weighted by Crippen LogP contribution is 2.03. The third-order valence-corrected chi connectivity index (χ3v) is 2.68. The molecule has 8 heteroatoms. The summed E-state index contributed by atoms with van der Waals surface area (Å²) in [5.41, 5.74) is 10.8. The summed E-state index contributed by atoms with van der Waals surface area (Å²) in [7, 11) is -1.64. The zero-order chi connectivity index (χ0) is 15.0. The highest BCUT2D eigenvalue weighted by atomic mass is 16.4. The first-order valence-electron chi connectivity index (χ1n) is 6.28. The molecule has 0 bridgehead atoms. The Balaban J connectivity index is 2.51. The fourth-order valence-electron chi connectivity index (χ4n) is 1.66. The number of nitrogens with zero attached hydrogens (tertiary/aromatic N) is 1. The first-order valence-corrected chi connectivity index (χ1v) is 6.28. The predicted molar refractivity (Wildman–Crippen MR) is 77.8 cm³/mol. The third-order valence-electron chi connectivity index (χ3n) is 2.68. The van der Waals surface area contributed by atoms with Crippen LogP contribution in [0.5, 0.6) is 0 Å². The van der Waals surface area contributed by atoms with Crippen molar-refractivity contribution in [3.63, 3.8) is 0 Å². The normalized spacial score (nSPS) is 11.5. The molecule has 0 aliphatic rings. The smallest absolute Gasteiger partial charge is 0.426 e. The van der Waals surface area contributed by atoms with Gasteiger partial charge in [0.1, 0.15) is 0 Å². The van der Waals surface area contributed by atoms with Gasteiger partial charge in [-0.2, -0.15) is 0 Å². The van der Waals surface area contributed by atoms with Gasteiger partial charge in [-0.3, -0.25) is 9.79 Å². The minimum absolute atomic E-state index is 0.0144. The molecule has 0 aliphatic carbocycles. The predicted octanol–water partition coefficient (Wildman–Crippen LogP) is -1.15. The van der Waals surface area contributed by atoms with Gasteiger partial charge in [0.25, 0.3) is 5.91 Å². The molecule has 1 atom stereocenters. The molecule has 1 rings (SSSR count). The number of hydrogen-bond donors (Lipinski definition) is 5. The van der Waals surface area contributed by atoms with E-state index in [0.717, 1.165) is 0 Å². The van der Waals surface area contributed by atoms with Gasteiger partial charge >= 0.3 is 7.12 Å². The quantitative estimate of drug-likeness (QED) is 0.186. The summed E-state index contributed by atoms with van der Waals surface area (Å²) in [5, 5.41) is 21.1. The van der Waals surface area contributed by atoms with E-state index in [1.165, 1.54) is 0 Å². The number of rotatable bonds is 7. The molecule has 1 aromatic rings. The Morgan fingerprint density at radius 3 is 2.50 bits per heavy atom. The average molecular weight is 278 g/mol. The van der Waals surface area contributed by atoms with Crippen LogP contribution >= 0.6 is 0 Å². The maximum Gasteiger partial charge on any atom is 0.475 e. The van der Waals surface area contributed by atoms with E-state index in [2.05, 4.69) is 10.3 Å². The van der Waals surface area contributed by atoms with Crippen LogP contribution in [0.1, 0.15) is 23.2 Å². The second kappa shape index (κ2) is 8.18. The van der Waals surface area contributed by atoms with E-state index in [-0.39, 0.29) is 11.9 Å². The Labute approximate surface area is 117 Å². The number of carbonyl (C=O) groups is 1. The molecule has 7 N–H and O–H groups in total. The lowest BCUT2D eigenvalue weighted by molar-refractivity contribution is 0.0940. The maximum atomic E-state index is 11.9. The molecule has 1 unspecified atom stereocenters. The Hall–Kier alpha value is -2.06. The zero-order valence-electron chi connectivity index (χ0n) is 11.1. The van der Waals surface area contributed by atoms with Crippen molar-refractivity contribution in [2.24, 2.45) is 16.5 Å². The third kappa shape index (κ3) is 5.72. The van der Waals surface area contributed by atoms with Gasteiger partial charge in [-0.25, -0.2) is 0 Å². The molecule has 0 saturated carbocycles. The number of benzene rings is 1. The molecule has 0 spiro atoms. The lowest BCUT2D eigenvalue weighted by Crippen LogP contribution is -2.46. The fraction of sp³-hybridized carbons (Fsp3) is 0.333. The van der Waals surface area contributed by atoms with Crippen molar-refractivity contribution in [1.29, 1.82) is 0 Å². The van der Waals surface area contributed by atoms with Crippen LogP contribution in [0.3, 0.4) is 0 Å². The van der Waals surface area contributed by atoms with Crippen LogP contribution in [0, 0.1) is 0 Å². The highest BCUT2D eigenvalue weighted by molar-refractivity contribution is 6.43. The Kier molecular flexibility index (Phi) is 6.55. The second-order valence-corrected chi connectivity index (χ2v) is 4.31. The van der Waals surface area contributed by atoms with Gasteiger partial charge in [-0.15, -0.1) is 0 Å². The van der Waals surface area contributed by atoms with E-state index in [1.54, 1.807) is 30.3 Å². The first kappa shape index (κ1) is 16.0. The minimum atomic E-state index is -1.64. The molecule has 0 radical (unpaired) electrons. The standard InChI is InChI=1S/C12H19BN4O3/c14-12(15)16-8-4-7-10(13(19)20)17-11(18)9-5-2-1-3-6-9/h1-3,5-6,10,19-20H,4,7-8H2,(H,17,18)(H4,14,15,16). The summed E-state index contributed by atoms with van der Waals surface area (Å²) in [6.07, 6.45) is 0.877. The molecule has 108 valence electrons. The van der Waals surface area contributed by atoms with Crippen LogP contribution < -0.4 is 16.8 Å². The maximum absolute atomic E-state index is 11.9. The minimum Gasteiger partial charge on any atom is -0.426 e. The van der Waals surface area contributed by atoms with Crippen LogP contribution in [-0.4, -0.2) is 41.5 Å². The van der Waals surface area contributed by atoms with Crippen LogP contribution in [0.4, 0.5) is 0 Å². The van der Waals surface area contributed by atoms with Gasteiger partial charge < -0.3 is 26.8 Å². The lowest BCUT2D eigenvalue weighted by atomic mass is 9.76. The summed E-state index contributed by atoms with van der Waals surface area (Å²) >= 11 is 0. The Morgan fingerprint density at radius 1 is 1.30 bits per heavy atom. The summed E-state index contributed by atoms with van der Waals surface area (Å²) in [5.74, 6) is -1.14. The van der Waals surface area contributed by atoms with Gasteiger partial charge in [0, 0.05) is 12.1 Å². The van der Waals surface area contributed by atoms with E-state index in [9.17, 15) is 14.8 Å². The van der Waals surface area contributed by atoms with Gasteiger partial charge in [0.15, 0.2) is 5.96 Å². The molecule has 1 amide bonds. The lowest BCUT2D eigenvalue weighted by Gasteiger charge is -2.17. The van der Waals surface area contributed by atoms with Gasteiger partial charge in [-0.05, 0) is 25.0 Å². The number of aliphatic imine (C=N–C) groups is 1. The monoisotopic (exact) mass is 278 g/mol. The van der Waals surface area contributed by atoms with Crippen molar-refractivity contribution < 1.29 is 14.8 Å². The molecular formula is C12H19BN4O3. The number of nitrogens with one attached hydrogen (secondary N) is 1. The van der Waals surface area contributed by atoms with Gasteiger partial charge in [-0.1, -0.05) is 18.2 Å². The molecule has 0 aliphatic heterocycles. The number of carbonyl (C=O) groups excluding carboxylic acids is 1. The molecule has 7 nitrogen and oxygen atoms in total. The van der Waals surface area contributed by atoms with Crippen molar-refractivity contribution >= 4 is 19.0 Å². The second-order valence-electron chi connectivity index (χ2n) is 4.31. The number of guanidine groups is 1. The number of hydrogen-bond acceptors (Lipinski definition) is 4. The zero-order valence-corrected chi connectivity index (χ0v) is 11.1. The molecule has 0 fully saturated rings. The summed E-state index contributed by atoms with van der Waals surface area (Å²) in [4.78, 5) is 15.7. The van der Waals surface area contributed by atoms with E-state index in [1.807, 2.05) is 0 Å². The number of nitrogens with two attached hydrogens (primary N) is 2. The van der Waals surface area contributed by atoms with Crippen molar-refractivity contribution in [2.75, 3.05) is 6.54 Å². The van der Waals surface area contributed by atoms with E-state index < -0.39 is 13.1 Å². The summed E-state index contributed by atoms with van der Waals surface area (Å²) < 4.78 is 0. The van der Waals surface area contributed by atoms with Crippen LogP contribution in [0.15, 0.2) is 35.3 Å². The summed E-state index contributed by atoms with van der Waals surface area (Å²) in [6, 6.07) is 8.56. The van der Waals surface area contributed by atoms with E-state index >= 15 is 0 Å². The topological polar surface area (TPSA) is 134 Å². The molecule has 1 aromatic carbocycles.